The standard InChI is InChI=1S/C25H27N3O3/c1-5-30-23(29)11-7-18-6-9-21(17(4)14-18)24-26-25(31-27-24)20-8-10-22-19(15-20)12-13-28(22)16(2)3/h6,8-10,12-16H,5,7,11H2,1-4H3. The van der Waals surface area contributed by atoms with E-state index in [4.69, 9.17) is 9.26 Å². The van der Waals surface area contributed by atoms with Crippen molar-refractivity contribution >= 4 is 16.9 Å². The van der Waals surface area contributed by atoms with Gasteiger partial charge in [-0.15, -0.1) is 0 Å². The van der Waals surface area contributed by atoms with Crippen molar-refractivity contribution in [2.24, 2.45) is 0 Å². The molecule has 0 aliphatic carbocycles. The average molecular weight is 418 g/mol. The van der Waals surface area contributed by atoms with Crippen molar-refractivity contribution in [2.45, 2.75) is 46.6 Å². The van der Waals surface area contributed by atoms with Crippen molar-refractivity contribution in [2.75, 3.05) is 6.61 Å². The lowest BCUT2D eigenvalue weighted by Crippen LogP contribution is -2.05. The van der Waals surface area contributed by atoms with Crippen LogP contribution in [-0.4, -0.2) is 27.3 Å². The molecule has 0 saturated carbocycles. The highest BCUT2D eigenvalue weighted by Gasteiger charge is 2.14. The van der Waals surface area contributed by atoms with Crippen molar-refractivity contribution in [1.29, 1.82) is 0 Å². The summed E-state index contributed by atoms with van der Waals surface area (Å²) in [5, 5.41) is 5.35. The van der Waals surface area contributed by atoms with E-state index < -0.39 is 0 Å². The summed E-state index contributed by atoms with van der Waals surface area (Å²) < 4.78 is 12.8. The number of rotatable bonds is 7. The second-order valence-electron chi connectivity index (χ2n) is 7.97. The van der Waals surface area contributed by atoms with Crippen molar-refractivity contribution < 1.29 is 14.1 Å². The minimum absolute atomic E-state index is 0.173. The number of carbonyl (C=O) groups excluding carboxylic acids is 1. The number of aromatic nitrogens is 3. The maximum Gasteiger partial charge on any atom is 0.306 e. The van der Waals surface area contributed by atoms with Crippen LogP contribution < -0.4 is 0 Å². The molecule has 0 aliphatic rings. The molecule has 2 aromatic heterocycles. The molecule has 6 nitrogen and oxygen atoms in total. The molecule has 0 fully saturated rings. The maximum absolute atomic E-state index is 11.6. The van der Waals surface area contributed by atoms with E-state index in [0.717, 1.165) is 27.6 Å². The molecule has 0 unspecified atom stereocenters. The van der Waals surface area contributed by atoms with Crippen LogP contribution in [0.25, 0.3) is 33.7 Å². The lowest BCUT2D eigenvalue weighted by molar-refractivity contribution is -0.143. The molecule has 2 aromatic carbocycles. The van der Waals surface area contributed by atoms with Crippen LogP contribution in [0.3, 0.4) is 0 Å². The molecule has 0 N–H and O–H groups in total. The van der Waals surface area contributed by atoms with Crippen LogP contribution in [0.2, 0.25) is 0 Å². The zero-order chi connectivity index (χ0) is 22.0. The van der Waals surface area contributed by atoms with Gasteiger partial charge in [-0.2, -0.15) is 4.98 Å². The predicted octanol–water partition coefficient (Wildman–Crippen LogP) is 5.74. The second-order valence-corrected chi connectivity index (χ2v) is 7.97. The van der Waals surface area contributed by atoms with Crippen LogP contribution >= 0.6 is 0 Å². The van der Waals surface area contributed by atoms with Crippen LogP contribution in [-0.2, 0) is 16.0 Å². The number of fused-ring (bicyclic) bond motifs is 1. The Bertz CT molecular complexity index is 1220. The van der Waals surface area contributed by atoms with E-state index in [0.29, 0.717) is 37.2 Å². The molecule has 0 spiro atoms. The van der Waals surface area contributed by atoms with E-state index in [2.05, 4.69) is 59.0 Å². The fourth-order valence-corrected chi connectivity index (χ4v) is 3.81. The Kier molecular flexibility index (Phi) is 5.89. The molecule has 160 valence electrons. The SMILES string of the molecule is CCOC(=O)CCc1ccc(-c2noc(-c3ccc4c(ccn4C(C)C)c3)n2)c(C)c1. The molecule has 6 heteroatoms. The third-order valence-electron chi connectivity index (χ3n) is 5.40. The van der Waals surface area contributed by atoms with Crippen molar-refractivity contribution in [1.82, 2.24) is 14.7 Å². The number of benzene rings is 2. The Morgan fingerprint density at radius 3 is 2.74 bits per heavy atom. The van der Waals surface area contributed by atoms with E-state index in [1.165, 1.54) is 5.52 Å². The Hall–Kier alpha value is -3.41. The average Bonchev–Trinajstić information content (AvgIpc) is 3.39. The van der Waals surface area contributed by atoms with Crippen LogP contribution in [0, 0.1) is 6.92 Å². The summed E-state index contributed by atoms with van der Waals surface area (Å²) in [6.45, 7) is 8.58. The summed E-state index contributed by atoms with van der Waals surface area (Å²) in [6, 6.07) is 14.7. The normalized spacial score (nSPS) is 11.4. The molecule has 4 aromatic rings. The van der Waals surface area contributed by atoms with Crippen LogP contribution in [0.1, 0.15) is 44.4 Å². The third kappa shape index (κ3) is 4.38. The minimum Gasteiger partial charge on any atom is -0.466 e. The van der Waals surface area contributed by atoms with Gasteiger partial charge < -0.3 is 13.8 Å². The number of ether oxygens (including phenoxy) is 1. The number of hydrogen-bond donors (Lipinski definition) is 0. The molecule has 0 saturated heterocycles. The summed E-state index contributed by atoms with van der Waals surface area (Å²) in [7, 11) is 0. The zero-order valence-corrected chi connectivity index (χ0v) is 18.4. The molecule has 0 radical (unpaired) electrons. The molecule has 4 rings (SSSR count). The Labute approximate surface area is 181 Å². The van der Waals surface area contributed by atoms with Gasteiger partial charge in [-0.1, -0.05) is 23.4 Å². The van der Waals surface area contributed by atoms with Gasteiger partial charge in [0, 0.05) is 40.7 Å². The first kappa shape index (κ1) is 20.8. The Morgan fingerprint density at radius 2 is 2.00 bits per heavy atom. The number of esters is 1. The Balaban J connectivity index is 1.54. The van der Waals surface area contributed by atoms with E-state index >= 15 is 0 Å². The number of aryl methyl sites for hydroxylation is 2. The second kappa shape index (κ2) is 8.76. The number of carbonyl (C=O) groups is 1. The zero-order valence-electron chi connectivity index (χ0n) is 18.4. The number of nitrogens with zero attached hydrogens (tertiary/aromatic N) is 3. The predicted molar refractivity (Wildman–Crippen MR) is 121 cm³/mol. The van der Waals surface area contributed by atoms with Gasteiger partial charge in [0.1, 0.15) is 0 Å². The third-order valence-corrected chi connectivity index (χ3v) is 5.40. The molecule has 31 heavy (non-hydrogen) atoms. The Morgan fingerprint density at radius 1 is 1.16 bits per heavy atom. The smallest absolute Gasteiger partial charge is 0.306 e. The van der Waals surface area contributed by atoms with Crippen LogP contribution in [0.4, 0.5) is 0 Å². The van der Waals surface area contributed by atoms with Gasteiger partial charge in [-0.3, -0.25) is 4.79 Å². The fourth-order valence-electron chi connectivity index (χ4n) is 3.81. The van der Waals surface area contributed by atoms with E-state index in [9.17, 15) is 4.79 Å². The molecule has 2 heterocycles. The molecule has 0 atom stereocenters. The molecular weight excluding hydrogens is 390 g/mol. The topological polar surface area (TPSA) is 70.2 Å². The maximum atomic E-state index is 11.6. The highest BCUT2D eigenvalue weighted by atomic mass is 16.5. The van der Waals surface area contributed by atoms with Gasteiger partial charge >= 0.3 is 5.97 Å². The monoisotopic (exact) mass is 417 g/mol. The van der Waals surface area contributed by atoms with Gasteiger partial charge in [-0.05, 0) is 69.5 Å². The van der Waals surface area contributed by atoms with Crippen LogP contribution in [0.15, 0.2) is 53.2 Å². The summed E-state index contributed by atoms with van der Waals surface area (Å²) >= 11 is 0. The van der Waals surface area contributed by atoms with Gasteiger partial charge in [0.15, 0.2) is 0 Å². The minimum atomic E-state index is -0.173. The summed E-state index contributed by atoms with van der Waals surface area (Å²) in [4.78, 5) is 16.2. The highest BCUT2D eigenvalue weighted by molar-refractivity contribution is 5.84. The van der Waals surface area contributed by atoms with Crippen molar-refractivity contribution in [3.8, 4) is 22.8 Å². The van der Waals surface area contributed by atoms with Crippen molar-refractivity contribution in [3.05, 3.63) is 59.8 Å². The summed E-state index contributed by atoms with van der Waals surface area (Å²) in [5.41, 5.74) is 5.13. The first-order chi connectivity index (χ1) is 15.0. The first-order valence-corrected chi connectivity index (χ1v) is 10.7. The summed E-state index contributed by atoms with van der Waals surface area (Å²) in [5.74, 6) is 0.886. The van der Waals surface area contributed by atoms with Crippen LogP contribution in [0.5, 0.6) is 0 Å². The van der Waals surface area contributed by atoms with E-state index in [1.807, 2.05) is 32.0 Å². The van der Waals surface area contributed by atoms with E-state index in [1.54, 1.807) is 0 Å². The number of hydrogen-bond acceptors (Lipinski definition) is 5. The molecular formula is C25H27N3O3. The van der Waals surface area contributed by atoms with Crippen molar-refractivity contribution in [3.63, 3.8) is 0 Å². The first-order valence-electron chi connectivity index (χ1n) is 10.7. The lowest BCUT2D eigenvalue weighted by atomic mass is 10.0. The summed E-state index contributed by atoms with van der Waals surface area (Å²) in [6.07, 6.45) is 3.12. The highest BCUT2D eigenvalue weighted by Crippen LogP contribution is 2.29. The largest absolute Gasteiger partial charge is 0.466 e. The lowest BCUT2D eigenvalue weighted by Gasteiger charge is -2.09. The molecule has 0 aliphatic heterocycles. The van der Waals surface area contributed by atoms with Gasteiger partial charge in [0.2, 0.25) is 5.82 Å². The van der Waals surface area contributed by atoms with Gasteiger partial charge in [0.25, 0.3) is 5.89 Å². The van der Waals surface area contributed by atoms with E-state index in [-0.39, 0.29) is 5.97 Å². The van der Waals surface area contributed by atoms with Gasteiger partial charge in [0.05, 0.1) is 6.61 Å². The quantitative estimate of drug-likeness (QED) is 0.358. The van der Waals surface area contributed by atoms with Gasteiger partial charge in [-0.25, -0.2) is 0 Å². The fraction of sp³-hybridized carbons (Fsp3) is 0.320. The molecule has 0 bridgehead atoms. The molecule has 0 amide bonds.